The standard InChI is InChI=1S/C16H23NO4/c1-4-19-15(18)11-17(3)10-14-12-20-16(2,21-14)13-8-6-5-7-9-13/h5-9,14H,4,10-12H2,1-3H3. The number of carbonyl (C=O) groups excluding carboxylic acids is 1. The van der Waals surface area contributed by atoms with E-state index in [2.05, 4.69) is 0 Å². The van der Waals surface area contributed by atoms with Gasteiger partial charge in [0.15, 0.2) is 5.79 Å². The lowest BCUT2D eigenvalue weighted by molar-refractivity contribution is -0.163. The van der Waals surface area contributed by atoms with E-state index in [1.807, 2.05) is 49.2 Å². The first kappa shape index (κ1) is 15.9. The molecule has 0 saturated carbocycles. The Labute approximate surface area is 125 Å². The highest BCUT2D eigenvalue weighted by Crippen LogP contribution is 2.33. The van der Waals surface area contributed by atoms with Crippen molar-refractivity contribution in [3.05, 3.63) is 35.9 Å². The molecule has 2 unspecified atom stereocenters. The lowest BCUT2D eigenvalue weighted by atomic mass is 10.1. The van der Waals surface area contributed by atoms with Gasteiger partial charge < -0.3 is 14.2 Å². The third kappa shape index (κ3) is 4.27. The summed E-state index contributed by atoms with van der Waals surface area (Å²) in [5, 5.41) is 0. The minimum Gasteiger partial charge on any atom is -0.465 e. The average Bonchev–Trinajstić information content (AvgIpc) is 2.82. The molecule has 0 bridgehead atoms. The van der Waals surface area contributed by atoms with Crippen molar-refractivity contribution >= 4 is 5.97 Å². The van der Waals surface area contributed by atoms with Crippen LogP contribution in [0.2, 0.25) is 0 Å². The van der Waals surface area contributed by atoms with Crippen LogP contribution in [0.15, 0.2) is 30.3 Å². The van der Waals surface area contributed by atoms with Gasteiger partial charge in [0.2, 0.25) is 0 Å². The van der Waals surface area contributed by atoms with E-state index in [1.54, 1.807) is 6.92 Å². The summed E-state index contributed by atoms with van der Waals surface area (Å²) >= 11 is 0. The maximum absolute atomic E-state index is 11.4. The summed E-state index contributed by atoms with van der Waals surface area (Å²) in [7, 11) is 1.87. The van der Waals surface area contributed by atoms with Gasteiger partial charge in [-0.25, -0.2) is 0 Å². The van der Waals surface area contributed by atoms with Crippen molar-refractivity contribution in [3.63, 3.8) is 0 Å². The molecule has 2 rings (SSSR count). The highest BCUT2D eigenvalue weighted by Gasteiger charge is 2.39. The maximum Gasteiger partial charge on any atom is 0.320 e. The monoisotopic (exact) mass is 293 g/mol. The molecule has 1 aliphatic heterocycles. The van der Waals surface area contributed by atoms with Crippen molar-refractivity contribution in [2.75, 3.05) is 33.4 Å². The minimum absolute atomic E-state index is 0.0605. The number of hydrogen-bond acceptors (Lipinski definition) is 5. The van der Waals surface area contributed by atoms with Crippen LogP contribution >= 0.6 is 0 Å². The summed E-state index contributed by atoms with van der Waals surface area (Å²) in [4.78, 5) is 13.3. The molecule has 1 heterocycles. The van der Waals surface area contributed by atoms with Crippen LogP contribution in [0.25, 0.3) is 0 Å². The van der Waals surface area contributed by atoms with Gasteiger partial charge in [-0.2, -0.15) is 0 Å². The highest BCUT2D eigenvalue weighted by molar-refractivity contribution is 5.71. The van der Waals surface area contributed by atoms with Crippen LogP contribution < -0.4 is 0 Å². The fourth-order valence-corrected chi connectivity index (χ4v) is 2.46. The van der Waals surface area contributed by atoms with Crippen molar-refractivity contribution in [1.82, 2.24) is 4.90 Å². The maximum atomic E-state index is 11.4. The Balaban J connectivity index is 1.86. The van der Waals surface area contributed by atoms with Gasteiger partial charge in [-0.15, -0.1) is 0 Å². The van der Waals surface area contributed by atoms with Crippen molar-refractivity contribution < 1.29 is 19.0 Å². The molecule has 1 aromatic carbocycles. The molecule has 1 aromatic rings. The van der Waals surface area contributed by atoms with Gasteiger partial charge in [0.1, 0.15) is 0 Å². The van der Waals surface area contributed by atoms with E-state index < -0.39 is 5.79 Å². The number of likely N-dealkylation sites (N-methyl/N-ethyl adjacent to an activating group) is 1. The van der Waals surface area contributed by atoms with Crippen LogP contribution in [0.5, 0.6) is 0 Å². The van der Waals surface area contributed by atoms with Crippen molar-refractivity contribution in [2.24, 2.45) is 0 Å². The molecular weight excluding hydrogens is 270 g/mol. The summed E-state index contributed by atoms with van der Waals surface area (Å²) < 4.78 is 16.8. The predicted molar refractivity (Wildman–Crippen MR) is 78.7 cm³/mol. The van der Waals surface area contributed by atoms with E-state index in [-0.39, 0.29) is 18.6 Å². The van der Waals surface area contributed by atoms with E-state index in [1.165, 1.54) is 0 Å². The number of ether oxygens (including phenoxy) is 3. The van der Waals surface area contributed by atoms with Crippen molar-refractivity contribution in [3.8, 4) is 0 Å². The van der Waals surface area contributed by atoms with Gasteiger partial charge >= 0.3 is 5.97 Å². The SMILES string of the molecule is CCOC(=O)CN(C)CC1COC(C)(c2ccccc2)O1. The minimum atomic E-state index is -0.712. The largest absolute Gasteiger partial charge is 0.465 e. The van der Waals surface area contributed by atoms with Gasteiger partial charge in [0.05, 0.1) is 25.9 Å². The first-order valence-electron chi connectivity index (χ1n) is 7.25. The Morgan fingerprint density at radius 2 is 2.14 bits per heavy atom. The summed E-state index contributed by atoms with van der Waals surface area (Å²) in [6, 6.07) is 9.88. The molecule has 2 atom stereocenters. The Bertz CT molecular complexity index is 465. The molecule has 116 valence electrons. The normalized spacial score (nSPS) is 25.2. The van der Waals surface area contributed by atoms with E-state index >= 15 is 0 Å². The summed E-state index contributed by atoms with van der Waals surface area (Å²) in [5.41, 5.74) is 1.00. The third-order valence-electron chi connectivity index (χ3n) is 3.45. The van der Waals surface area contributed by atoms with Crippen LogP contribution in [0.1, 0.15) is 19.4 Å². The van der Waals surface area contributed by atoms with Crippen LogP contribution in [0.4, 0.5) is 0 Å². The molecule has 1 fully saturated rings. The number of carbonyl (C=O) groups is 1. The number of rotatable bonds is 6. The molecular formula is C16H23NO4. The molecule has 0 amide bonds. The zero-order valence-corrected chi connectivity index (χ0v) is 12.9. The van der Waals surface area contributed by atoms with E-state index in [0.717, 1.165) is 5.56 Å². The number of esters is 1. The summed E-state index contributed by atoms with van der Waals surface area (Å²) in [5.74, 6) is -0.929. The van der Waals surface area contributed by atoms with Crippen molar-refractivity contribution in [1.29, 1.82) is 0 Å². The summed E-state index contributed by atoms with van der Waals surface area (Å²) in [6.45, 7) is 5.53. The predicted octanol–water partition coefficient (Wildman–Crippen LogP) is 1.77. The second-order valence-corrected chi connectivity index (χ2v) is 5.36. The number of hydrogen-bond donors (Lipinski definition) is 0. The Hall–Kier alpha value is -1.43. The molecule has 0 aliphatic carbocycles. The fourth-order valence-electron chi connectivity index (χ4n) is 2.46. The lowest BCUT2D eigenvalue weighted by Crippen LogP contribution is -2.36. The molecule has 1 saturated heterocycles. The molecule has 5 nitrogen and oxygen atoms in total. The van der Waals surface area contributed by atoms with Gasteiger partial charge in [0, 0.05) is 12.1 Å². The second kappa shape index (κ2) is 7.02. The third-order valence-corrected chi connectivity index (χ3v) is 3.45. The van der Waals surface area contributed by atoms with Crippen LogP contribution in [0.3, 0.4) is 0 Å². The van der Waals surface area contributed by atoms with E-state index in [9.17, 15) is 4.79 Å². The molecule has 0 N–H and O–H groups in total. The molecule has 0 spiro atoms. The lowest BCUT2D eigenvalue weighted by Gasteiger charge is -2.25. The van der Waals surface area contributed by atoms with Gasteiger partial charge in [0.25, 0.3) is 0 Å². The van der Waals surface area contributed by atoms with E-state index in [0.29, 0.717) is 19.8 Å². The smallest absolute Gasteiger partial charge is 0.320 e. The zero-order valence-electron chi connectivity index (χ0n) is 12.9. The number of nitrogens with zero attached hydrogens (tertiary/aromatic N) is 1. The van der Waals surface area contributed by atoms with Gasteiger partial charge in [-0.1, -0.05) is 30.3 Å². The average molecular weight is 293 g/mol. The first-order chi connectivity index (χ1) is 10.0. The number of benzene rings is 1. The Morgan fingerprint density at radius 3 is 2.81 bits per heavy atom. The topological polar surface area (TPSA) is 48.0 Å². The summed E-state index contributed by atoms with van der Waals surface area (Å²) in [6.07, 6.45) is -0.0605. The Morgan fingerprint density at radius 1 is 1.43 bits per heavy atom. The van der Waals surface area contributed by atoms with Crippen molar-refractivity contribution in [2.45, 2.75) is 25.7 Å². The van der Waals surface area contributed by atoms with Gasteiger partial charge in [-0.05, 0) is 20.9 Å². The molecule has 5 heteroatoms. The highest BCUT2D eigenvalue weighted by atomic mass is 16.7. The van der Waals surface area contributed by atoms with Crippen LogP contribution in [0, 0.1) is 0 Å². The Kier molecular flexibility index (Phi) is 5.33. The van der Waals surface area contributed by atoms with Gasteiger partial charge in [-0.3, -0.25) is 9.69 Å². The van der Waals surface area contributed by atoms with E-state index in [4.69, 9.17) is 14.2 Å². The molecule has 0 radical (unpaired) electrons. The molecule has 1 aliphatic rings. The first-order valence-corrected chi connectivity index (χ1v) is 7.25. The second-order valence-electron chi connectivity index (χ2n) is 5.36. The molecule has 21 heavy (non-hydrogen) atoms. The quantitative estimate of drug-likeness (QED) is 0.748. The zero-order chi connectivity index (χ0) is 15.3. The van der Waals surface area contributed by atoms with Crippen LogP contribution in [-0.2, 0) is 24.8 Å². The fraction of sp³-hybridized carbons (Fsp3) is 0.562. The van der Waals surface area contributed by atoms with Crippen LogP contribution in [-0.4, -0.2) is 50.3 Å². The molecule has 0 aromatic heterocycles.